The molecule has 0 aliphatic carbocycles. The molecule has 3 aromatic rings. The third kappa shape index (κ3) is 2.05. The molecule has 0 saturated carbocycles. The Balaban J connectivity index is 2.02. The number of nitrogens with one attached hydrogen (secondary N) is 1. The van der Waals surface area contributed by atoms with Crippen LogP contribution in [0.2, 0.25) is 0 Å². The van der Waals surface area contributed by atoms with Gasteiger partial charge >= 0.3 is 0 Å². The number of aromatic nitrogens is 4. The van der Waals surface area contributed by atoms with Gasteiger partial charge in [0.15, 0.2) is 5.82 Å². The molecule has 2 aromatic heterocycles. The number of hydrogen-bond donors (Lipinski definition) is 2. The zero-order valence-corrected chi connectivity index (χ0v) is 11.4. The Labute approximate surface area is 116 Å². The molecule has 0 radical (unpaired) electrons. The summed E-state index contributed by atoms with van der Waals surface area (Å²) in [7, 11) is 1.92. The summed E-state index contributed by atoms with van der Waals surface area (Å²) in [4.78, 5) is 4.33. The average Bonchev–Trinajstić information content (AvgIpc) is 2.88. The van der Waals surface area contributed by atoms with Gasteiger partial charge in [0, 0.05) is 12.4 Å². The lowest BCUT2D eigenvalue weighted by Crippen LogP contribution is -2.13. The predicted molar refractivity (Wildman–Crippen MR) is 79.2 cm³/mol. The third-order valence-corrected chi connectivity index (χ3v) is 3.30. The van der Waals surface area contributed by atoms with Crippen LogP contribution in [0, 0.1) is 0 Å². The van der Waals surface area contributed by atoms with E-state index in [-0.39, 0.29) is 6.04 Å². The highest BCUT2D eigenvalue weighted by Gasteiger charge is 2.14. The molecular formula is C14H16N6. The molecule has 20 heavy (non-hydrogen) atoms. The predicted octanol–water partition coefficient (Wildman–Crippen LogP) is 2.12. The zero-order chi connectivity index (χ0) is 14.1. The minimum atomic E-state index is -0.00407. The molecule has 0 fully saturated rings. The Bertz CT molecular complexity index is 748. The lowest BCUT2D eigenvalue weighted by molar-refractivity contribution is 0.720. The summed E-state index contributed by atoms with van der Waals surface area (Å²) < 4.78 is 1.89. The van der Waals surface area contributed by atoms with Gasteiger partial charge in [-0.25, -0.2) is 0 Å². The van der Waals surface area contributed by atoms with E-state index in [9.17, 15) is 0 Å². The number of benzene rings is 1. The van der Waals surface area contributed by atoms with Crippen molar-refractivity contribution in [1.29, 1.82) is 0 Å². The minimum absolute atomic E-state index is 0.00407. The topological polar surface area (TPSA) is 81.7 Å². The van der Waals surface area contributed by atoms with Crippen LogP contribution in [0.15, 0.2) is 36.8 Å². The van der Waals surface area contributed by atoms with Gasteiger partial charge in [0.05, 0.1) is 29.1 Å². The van der Waals surface area contributed by atoms with Crippen molar-refractivity contribution in [1.82, 2.24) is 19.7 Å². The van der Waals surface area contributed by atoms with Gasteiger partial charge in [0.2, 0.25) is 0 Å². The van der Waals surface area contributed by atoms with E-state index in [2.05, 4.69) is 20.5 Å². The van der Waals surface area contributed by atoms with E-state index in [1.165, 1.54) is 0 Å². The number of para-hydroxylation sites is 1. The average molecular weight is 268 g/mol. The molecule has 0 saturated heterocycles. The Morgan fingerprint density at radius 1 is 1.30 bits per heavy atom. The summed E-state index contributed by atoms with van der Waals surface area (Å²) in [5.41, 5.74) is 8.47. The van der Waals surface area contributed by atoms with Crippen LogP contribution in [0.5, 0.6) is 0 Å². The van der Waals surface area contributed by atoms with Gasteiger partial charge in [-0.1, -0.05) is 18.2 Å². The Hall–Kier alpha value is -2.63. The zero-order valence-electron chi connectivity index (χ0n) is 11.4. The fraction of sp³-hybridized carbons (Fsp3) is 0.214. The molecule has 102 valence electrons. The van der Waals surface area contributed by atoms with Crippen LogP contribution in [0.3, 0.4) is 0 Å². The number of nitrogens with two attached hydrogens (primary N) is 1. The summed E-state index contributed by atoms with van der Waals surface area (Å²) in [5, 5.41) is 12.4. The number of rotatable bonds is 3. The van der Waals surface area contributed by atoms with Crippen molar-refractivity contribution in [3.05, 3.63) is 42.6 Å². The molecular weight excluding hydrogens is 252 g/mol. The number of aryl methyl sites for hydroxylation is 1. The first-order valence-electron chi connectivity index (χ1n) is 6.40. The number of nitrogen functional groups attached to an aromatic ring is 1. The maximum atomic E-state index is 6.06. The van der Waals surface area contributed by atoms with Gasteiger partial charge in [-0.15, -0.1) is 10.2 Å². The maximum Gasteiger partial charge on any atom is 0.154 e. The molecule has 1 aromatic carbocycles. The van der Waals surface area contributed by atoms with E-state index < -0.39 is 0 Å². The Morgan fingerprint density at radius 3 is 2.85 bits per heavy atom. The second-order valence-corrected chi connectivity index (χ2v) is 4.77. The van der Waals surface area contributed by atoms with Gasteiger partial charge in [0.25, 0.3) is 0 Å². The number of anilines is 2. The van der Waals surface area contributed by atoms with Crippen molar-refractivity contribution in [3.8, 4) is 0 Å². The summed E-state index contributed by atoms with van der Waals surface area (Å²) in [6.45, 7) is 2.03. The largest absolute Gasteiger partial charge is 0.396 e. The van der Waals surface area contributed by atoms with Crippen LogP contribution in [-0.2, 0) is 7.05 Å². The molecule has 3 N–H and O–H groups in total. The van der Waals surface area contributed by atoms with E-state index in [0.717, 1.165) is 22.4 Å². The highest BCUT2D eigenvalue weighted by atomic mass is 15.3. The summed E-state index contributed by atoms with van der Waals surface area (Å²) in [6, 6.07) is 7.90. The van der Waals surface area contributed by atoms with Crippen molar-refractivity contribution in [3.63, 3.8) is 0 Å². The molecule has 1 atom stereocenters. The SMILES string of the molecule is CC(Nc1c(N)cnc2ccccc12)c1nncn1C. The molecule has 2 heterocycles. The van der Waals surface area contributed by atoms with Crippen LogP contribution in [0.4, 0.5) is 11.4 Å². The van der Waals surface area contributed by atoms with E-state index in [0.29, 0.717) is 5.69 Å². The highest BCUT2D eigenvalue weighted by molar-refractivity contribution is 5.96. The smallest absolute Gasteiger partial charge is 0.154 e. The van der Waals surface area contributed by atoms with Crippen LogP contribution < -0.4 is 11.1 Å². The standard InChI is InChI=1S/C14H16N6/c1-9(14-19-17-8-20(14)2)18-13-10-5-3-4-6-12(10)16-7-11(13)15/h3-9H,15H2,1-2H3,(H,16,18). The van der Waals surface area contributed by atoms with Crippen LogP contribution in [0.1, 0.15) is 18.8 Å². The molecule has 6 nitrogen and oxygen atoms in total. The fourth-order valence-corrected chi connectivity index (χ4v) is 2.28. The van der Waals surface area contributed by atoms with E-state index in [1.54, 1.807) is 12.5 Å². The lowest BCUT2D eigenvalue weighted by Gasteiger charge is -2.17. The number of hydrogen-bond acceptors (Lipinski definition) is 5. The first-order chi connectivity index (χ1) is 9.66. The molecule has 0 aliphatic heterocycles. The molecule has 1 unspecified atom stereocenters. The Morgan fingerprint density at radius 2 is 2.10 bits per heavy atom. The van der Waals surface area contributed by atoms with Gasteiger partial charge in [-0.2, -0.15) is 0 Å². The van der Waals surface area contributed by atoms with Gasteiger partial charge in [0.1, 0.15) is 6.33 Å². The van der Waals surface area contributed by atoms with Crippen molar-refractivity contribution >= 4 is 22.3 Å². The number of nitrogens with zero attached hydrogens (tertiary/aromatic N) is 4. The summed E-state index contributed by atoms with van der Waals surface area (Å²) >= 11 is 0. The molecule has 0 spiro atoms. The second kappa shape index (κ2) is 4.80. The van der Waals surface area contributed by atoms with Crippen molar-refractivity contribution in [2.75, 3.05) is 11.1 Å². The van der Waals surface area contributed by atoms with Gasteiger partial charge in [-0.3, -0.25) is 4.98 Å². The molecule has 6 heteroatoms. The first kappa shape index (κ1) is 12.4. The van der Waals surface area contributed by atoms with Gasteiger partial charge < -0.3 is 15.6 Å². The van der Waals surface area contributed by atoms with Crippen LogP contribution in [0.25, 0.3) is 10.9 Å². The fourth-order valence-electron chi connectivity index (χ4n) is 2.28. The molecule has 0 amide bonds. The normalized spacial score (nSPS) is 12.5. The molecule has 0 bridgehead atoms. The molecule has 3 rings (SSSR count). The third-order valence-electron chi connectivity index (χ3n) is 3.30. The monoisotopic (exact) mass is 268 g/mol. The Kier molecular flexibility index (Phi) is 2.98. The van der Waals surface area contributed by atoms with Crippen LogP contribution >= 0.6 is 0 Å². The quantitative estimate of drug-likeness (QED) is 0.760. The summed E-state index contributed by atoms with van der Waals surface area (Å²) in [5.74, 6) is 0.852. The van der Waals surface area contributed by atoms with Crippen LogP contribution in [-0.4, -0.2) is 19.7 Å². The van der Waals surface area contributed by atoms with E-state index in [4.69, 9.17) is 5.73 Å². The van der Waals surface area contributed by atoms with Crippen molar-refractivity contribution in [2.24, 2.45) is 7.05 Å². The van der Waals surface area contributed by atoms with Crippen molar-refractivity contribution < 1.29 is 0 Å². The van der Waals surface area contributed by atoms with Crippen molar-refractivity contribution in [2.45, 2.75) is 13.0 Å². The highest BCUT2D eigenvalue weighted by Crippen LogP contribution is 2.30. The number of fused-ring (bicyclic) bond motifs is 1. The molecule has 0 aliphatic rings. The number of pyridine rings is 1. The maximum absolute atomic E-state index is 6.06. The second-order valence-electron chi connectivity index (χ2n) is 4.77. The van der Waals surface area contributed by atoms with Gasteiger partial charge in [-0.05, 0) is 13.0 Å². The minimum Gasteiger partial charge on any atom is -0.396 e. The lowest BCUT2D eigenvalue weighted by atomic mass is 10.1. The first-order valence-corrected chi connectivity index (χ1v) is 6.40. The van der Waals surface area contributed by atoms with E-state index in [1.807, 2.05) is 42.8 Å². The van der Waals surface area contributed by atoms with E-state index >= 15 is 0 Å². The summed E-state index contributed by atoms with van der Waals surface area (Å²) in [6.07, 6.45) is 3.36.